The summed E-state index contributed by atoms with van der Waals surface area (Å²) in [7, 11) is -2.74. The zero-order chi connectivity index (χ0) is 25.7. The average molecular weight is 514 g/mol. The van der Waals surface area contributed by atoms with Gasteiger partial charge >= 0.3 is 12.3 Å². The molecular weight excluding hydrogens is 487 g/mol. The van der Waals surface area contributed by atoms with Crippen LogP contribution in [0.25, 0.3) is 16.7 Å². The van der Waals surface area contributed by atoms with Gasteiger partial charge in [0.1, 0.15) is 11.6 Å². The molecule has 190 valence electrons. The van der Waals surface area contributed by atoms with Gasteiger partial charge < -0.3 is 10.1 Å². The van der Waals surface area contributed by atoms with Crippen molar-refractivity contribution in [3.05, 3.63) is 58.3 Å². The Morgan fingerprint density at radius 3 is 2.49 bits per heavy atom. The smallest absolute Gasteiger partial charge is 0.387 e. The highest BCUT2D eigenvalue weighted by Gasteiger charge is 2.39. The lowest BCUT2D eigenvalue weighted by molar-refractivity contribution is -0.0498. The molecule has 8 nitrogen and oxygen atoms in total. The summed E-state index contributed by atoms with van der Waals surface area (Å²) in [6.07, 6.45) is 0.409. The predicted octanol–water partition coefficient (Wildman–Crippen LogP) is 4.76. The van der Waals surface area contributed by atoms with Crippen molar-refractivity contribution in [1.29, 1.82) is 0 Å². The van der Waals surface area contributed by atoms with E-state index in [9.17, 15) is 31.9 Å². The van der Waals surface area contributed by atoms with Crippen LogP contribution in [0.2, 0.25) is 0 Å². The van der Waals surface area contributed by atoms with Crippen LogP contribution in [0.4, 0.5) is 13.2 Å². The third-order valence-electron chi connectivity index (χ3n) is 5.98. The Bertz CT molecular complexity index is 1350. The largest absolute Gasteiger partial charge is 0.435 e. The van der Waals surface area contributed by atoms with Crippen LogP contribution in [0.1, 0.15) is 43.6 Å². The molecule has 2 aromatic carbocycles. The zero-order valence-corrected chi connectivity index (χ0v) is 20.1. The lowest BCUT2D eigenvalue weighted by Gasteiger charge is -2.30. The van der Waals surface area contributed by atoms with Crippen molar-refractivity contribution in [2.75, 3.05) is 11.5 Å². The first kappa shape index (κ1) is 25.1. The van der Waals surface area contributed by atoms with E-state index in [0.29, 0.717) is 11.9 Å². The molecule has 0 bridgehead atoms. The zero-order valence-electron chi connectivity index (χ0n) is 19.3. The van der Waals surface area contributed by atoms with E-state index in [4.69, 9.17) is 0 Å². The van der Waals surface area contributed by atoms with Gasteiger partial charge in [0.2, 0.25) is 0 Å². The molecular formula is C23H26F3N3O5S. The van der Waals surface area contributed by atoms with E-state index in [1.165, 1.54) is 22.8 Å². The summed E-state index contributed by atoms with van der Waals surface area (Å²) in [5, 5.41) is 2.85. The van der Waals surface area contributed by atoms with E-state index < -0.39 is 40.2 Å². The number of aromatic nitrogens is 2. The summed E-state index contributed by atoms with van der Waals surface area (Å²) >= 11 is 0. The van der Waals surface area contributed by atoms with Gasteiger partial charge in [-0.25, -0.2) is 9.18 Å². The molecule has 2 heterocycles. The number of carbonyl (C=O) groups excluding carboxylic acids is 1. The molecule has 1 atom stereocenters. The average Bonchev–Trinajstić information content (AvgIpc) is 3.19. The van der Waals surface area contributed by atoms with Crippen molar-refractivity contribution >= 4 is 27.5 Å². The fraction of sp³-hybridized carbons (Fsp3) is 0.391. The molecule has 4 rings (SSSR count). The first-order valence-electron chi connectivity index (χ1n) is 10.9. The molecule has 3 N–H and O–H groups in total. The lowest BCUT2D eigenvalue weighted by atomic mass is 10.0. The summed E-state index contributed by atoms with van der Waals surface area (Å²) in [6.45, 7) is 2.11. The number of imidazole rings is 1. The molecule has 0 spiro atoms. The van der Waals surface area contributed by atoms with Crippen molar-refractivity contribution in [2.45, 2.75) is 45.4 Å². The highest BCUT2D eigenvalue weighted by Crippen LogP contribution is 2.49. The van der Waals surface area contributed by atoms with Gasteiger partial charge in [0.15, 0.2) is 0 Å². The molecule has 12 heteroatoms. The van der Waals surface area contributed by atoms with Crippen LogP contribution in [0.3, 0.4) is 0 Å². The van der Waals surface area contributed by atoms with Gasteiger partial charge in [-0.05, 0) is 57.5 Å². The molecule has 1 aromatic heterocycles. The van der Waals surface area contributed by atoms with Gasteiger partial charge in [-0.3, -0.25) is 23.0 Å². The molecule has 0 radical (unpaired) electrons. The number of nitrogens with zero attached hydrogens (tertiary/aromatic N) is 2. The minimum absolute atomic E-state index is 0.0529. The Morgan fingerprint density at radius 1 is 1.17 bits per heavy atom. The number of carbonyl (C=O) groups is 1. The predicted molar refractivity (Wildman–Crippen MR) is 128 cm³/mol. The standard InChI is InChI=1S/C23H26F3N3O5S/c1-13(2)28-19-10-14(20(30)27-23(3)8-9-35(32,33)12-23)4-7-17(19)29(22(28)31)18-11-15(34-21(25)26)5-6-16(18)24/h4-7,10-11,13,21,32-33H,8-9,12H2,1-3H3,(H,27,30). The molecule has 1 aliphatic heterocycles. The quantitative estimate of drug-likeness (QED) is 0.441. The molecule has 1 saturated heterocycles. The summed E-state index contributed by atoms with van der Waals surface area (Å²) in [4.78, 5) is 26.3. The molecule has 1 unspecified atom stereocenters. The number of fused-ring (bicyclic) bond motifs is 1. The number of rotatable bonds is 6. The molecule has 3 aromatic rings. The fourth-order valence-electron chi connectivity index (χ4n) is 4.42. The van der Waals surface area contributed by atoms with Gasteiger partial charge in [0.05, 0.1) is 28.0 Å². The number of nitrogens with one attached hydrogen (secondary N) is 1. The molecule has 1 aliphatic rings. The van der Waals surface area contributed by atoms with Crippen LogP contribution in [0.15, 0.2) is 41.2 Å². The van der Waals surface area contributed by atoms with Crippen molar-refractivity contribution in [3.63, 3.8) is 0 Å². The van der Waals surface area contributed by atoms with Crippen molar-refractivity contribution in [1.82, 2.24) is 14.5 Å². The molecule has 1 fully saturated rings. The maximum absolute atomic E-state index is 14.7. The highest BCUT2D eigenvalue weighted by atomic mass is 32.3. The van der Waals surface area contributed by atoms with E-state index >= 15 is 0 Å². The summed E-state index contributed by atoms with van der Waals surface area (Å²) in [5.74, 6) is -1.32. The molecule has 0 saturated carbocycles. The Labute approximate surface area is 200 Å². The second-order valence-electron chi connectivity index (χ2n) is 9.19. The van der Waals surface area contributed by atoms with Crippen LogP contribution >= 0.6 is 10.6 Å². The minimum Gasteiger partial charge on any atom is -0.435 e. The third kappa shape index (κ3) is 4.91. The van der Waals surface area contributed by atoms with Crippen molar-refractivity contribution in [3.8, 4) is 11.4 Å². The van der Waals surface area contributed by atoms with Crippen LogP contribution < -0.4 is 15.7 Å². The third-order valence-corrected chi connectivity index (χ3v) is 7.94. The number of halogens is 3. The highest BCUT2D eigenvalue weighted by molar-refractivity contribution is 8.24. The van der Waals surface area contributed by atoms with Crippen LogP contribution in [0, 0.1) is 5.82 Å². The lowest BCUT2D eigenvalue weighted by Crippen LogP contribution is -2.46. The van der Waals surface area contributed by atoms with Crippen LogP contribution in [-0.4, -0.2) is 47.8 Å². The van der Waals surface area contributed by atoms with Gasteiger partial charge in [0.25, 0.3) is 5.91 Å². The summed E-state index contributed by atoms with van der Waals surface area (Å²) < 4.78 is 66.8. The van der Waals surface area contributed by atoms with Gasteiger partial charge in [-0.15, -0.1) is 0 Å². The Balaban J connectivity index is 1.80. The number of alkyl halides is 2. The molecule has 35 heavy (non-hydrogen) atoms. The SMILES string of the molecule is CC(C)n1c(=O)n(-c2cc(OC(F)F)ccc2F)c2ccc(C(=O)NC3(C)CCS(O)(O)C3)cc21. The van der Waals surface area contributed by atoms with E-state index in [-0.39, 0.29) is 40.1 Å². The van der Waals surface area contributed by atoms with Crippen LogP contribution in [0.5, 0.6) is 5.75 Å². The number of amides is 1. The fourth-order valence-corrected chi connectivity index (χ4v) is 6.58. The van der Waals surface area contributed by atoms with Crippen molar-refractivity contribution in [2.24, 2.45) is 0 Å². The number of ether oxygens (including phenoxy) is 1. The first-order chi connectivity index (χ1) is 16.3. The van der Waals surface area contributed by atoms with Gasteiger partial charge in [-0.2, -0.15) is 19.4 Å². The summed E-state index contributed by atoms with van der Waals surface area (Å²) in [6, 6.07) is 7.07. The summed E-state index contributed by atoms with van der Waals surface area (Å²) in [5.41, 5.74) is -0.824. The van der Waals surface area contributed by atoms with Crippen LogP contribution in [-0.2, 0) is 0 Å². The minimum atomic E-state index is -3.12. The van der Waals surface area contributed by atoms with E-state index in [1.807, 2.05) is 0 Å². The second kappa shape index (κ2) is 8.92. The van der Waals surface area contributed by atoms with E-state index in [0.717, 1.165) is 22.8 Å². The van der Waals surface area contributed by atoms with Gasteiger partial charge in [0, 0.05) is 23.4 Å². The Hall–Kier alpha value is -2.96. The number of hydrogen-bond acceptors (Lipinski definition) is 5. The van der Waals surface area contributed by atoms with E-state index in [2.05, 4.69) is 10.1 Å². The number of hydrogen-bond donors (Lipinski definition) is 3. The number of benzene rings is 2. The van der Waals surface area contributed by atoms with E-state index in [1.54, 1.807) is 20.8 Å². The topological polar surface area (TPSA) is 106 Å². The molecule has 1 amide bonds. The maximum Gasteiger partial charge on any atom is 0.387 e. The monoisotopic (exact) mass is 513 g/mol. The second-order valence-corrected chi connectivity index (χ2v) is 11.5. The van der Waals surface area contributed by atoms with Crippen molar-refractivity contribution < 1.29 is 31.8 Å². The Kier molecular flexibility index (Phi) is 6.41. The normalized spacial score (nSPS) is 20.5. The maximum atomic E-state index is 14.7. The Morgan fingerprint density at radius 2 is 1.89 bits per heavy atom. The van der Waals surface area contributed by atoms with Gasteiger partial charge in [-0.1, -0.05) is 0 Å². The first-order valence-corrected chi connectivity index (χ1v) is 12.8. The molecule has 0 aliphatic carbocycles.